The molecule has 5 rings (SSSR count). The van der Waals surface area contributed by atoms with Crippen LogP contribution in [0.2, 0.25) is 0 Å². The Hall–Kier alpha value is -5.06. The van der Waals surface area contributed by atoms with Crippen LogP contribution in [0.3, 0.4) is 0 Å². The Balaban J connectivity index is 1.32. The second kappa shape index (κ2) is 10.7. The average molecular weight is 498 g/mol. The number of aromatic nitrogens is 4. The van der Waals surface area contributed by atoms with E-state index in [-0.39, 0.29) is 17.6 Å². The van der Waals surface area contributed by atoms with Crippen molar-refractivity contribution in [1.29, 1.82) is 0 Å². The van der Waals surface area contributed by atoms with Crippen molar-refractivity contribution in [2.24, 2.45) is 0 Å². The molecule has 11 heteroatoms. The molecule has 4 aromatic rings. The number of amides is 2. The molecule has 0 atom stereocenters. The van der Waals surface area contributed by atoms with Gasteiger partial charge in [0.2, 0.25) is 0 Å². The summed E-state index contributed by atoms with van der Waals surface area (Å²) < 4.78 is 11.9. The van der Waals surface area contributed by atoms with Crippen LogP contribution in [-0.4, -0.2) is 50.6 Å². The summed E-state index contributed by atoms with van der Waals surface area (Å²) in [5, 5.41) is 17.2. The molecule has 1 saturated carbocycles. The van der Waals surface area contributed by atoms with Gasteiger partial charge < -0.3 is 19.8 Å². The van der Waals surface area contributed by atoms with E-state index >= 15 is 0 Å². The van der Waals surface area contributed by atoms with Gasteiger partial charge in [0.25, 0.3) is 11.8 Å². The molecule has 11 nitrogen and oxygen atoms in total. The van der Waals surface area contributed by atoms with Gasteiger partial charge in [0.15, 0.2) is 18.1 Å². The minimum atomic E-state index is -0.851. The molecule has 1 aliphatic carbocycles. The first-order valence-electron chi connectivity index (χ1n) is 11.5. The lowest BCUT2D eigenvalue weighted by Gasteiger charge is -2.12. The van der Waals surface area contributed by atoms with E-state index in [2.05, 4.69) is 26.2 Å². The molecule has 0 bridgehead atoms. The minimum absolute atomic E-state index is 0.0594. The number of para-hydroxylation sites is 1. The first kappa shape index (κ1) is 23.7. The number of ether oxygens (including phenoxy) is 1. The molecule has 0 saturated heterocycles. The number of anilines is 1. The maximum Gasteiger partial charge on any atom is 0.357 e. The van der Waals surface area contributed by atoms with Gasteiger partial charge in [-0.2, -0.15) is 4.68 Å². The van der Waals surface area contributed by atoms with Crippen molar-refractivity contribution >= 4 is 35.2 Å². The number of tetrazole rings is 1. The number of hydrogen-bond donors (Lipinski definition) is 2. The molecule has 2 aromatic carbocycles. The fourth-order valence-electron chi connectivity index (χ4n) is 3.50. The Labute approximate surface area is 211 Å². The number of benzene rings is 2. The number of furan rings is 1. The molecular weight excluding hydrogens is 476 g/mol. The molecule has 186 valence electrons. The van der Waals surface area contributed by atoms with E-state index in [4.69, 9.17) is 9.15 Å². The van der Waals surface area contributed by atoms with Crippen molar-refractivity contribution in [3.8, 4) is 11.4 Å². The highest BCUT2D eigenvalue weighted by molar-refractivity contribution is 6.16. The number of rotatable bonds is 9. The fourth-order valence-corrected chi connectivity index (χ4v) is 3.50. The van der Waals surface area contributed by atoms with Crippen LogP contribution in [-0.2, 0) is 14.3 Å². The van der Waals surface area contributed by atoms with E-state index in [9.17, 15) is 14.4 Å². The summed E-state index contributed by atoms with van der Waals surface area (Å²) in [7, 11) is 0. The van der Waals surface area contributed by atoms with E-state index in [1.165, 1.54) is 17.0 Å². The van der Waals surface area contributed by atoms with Gasteiger partial charge in [0.05, 0.1) is 17.5 Å². The molecule has 1 aliphatic rings. The van der Waals surface area contributed by atoms with Gasteiger partial charge in [-0.25, -0.2) is 4.79 Å². The lowest BCUT2D eigenvalue weighted by Crippen LogP contribution is -2.28. The van der Waals surface area contributed by atoms with Gasteiger partial charge in [0.1, 0.15) is 5.76 Å². The van der Waals surface area contributed by atoms with Gasteiger partial charge in [0, 0.05) is 17.7 Å². The topological polar surface area (TPSA) is 141 Å². The van der Waals surface area contributed by atoms with Gasteiger partial charge in [-0.15, -0.1) is 5.10 Å². The third-order valence-corrected chi connectivity index (χ3v) is 5.45. The molecule has 2 heterocycles. The van der Waals surface area contributed by atoms with Crippen molar-refractivity contribution in [1.82, 2.24) is 25.5 Å². The molecule has 0 spiro atoms. The largest absolute Gasteiger partial charge is 0.465 e. The zero-order valence-corrected chi connectivity index (χ0v) is 19.5. The van der Waals surface area contributed by atoms with Crippen LogP contribution in [0.25, 0.3) is 23.2 Å². The second-order valence-corrected chi connectivity index (χ2v) is 8.24. The molecule has 1 fully saturated rings. The molecular formula is C26H22N6O5. The van der Waals surface area contributed by atoms with E-state index in [1.807, 2.05) is 18.2 Å². The summed E-state index contributed by atoms with van der Waals surface area (Å²) >= 11 is 0. The summed E-state index contributed by atoms with van der Waals surface area (Å²) in [6.45, 7) is -0.601. The SMILES string of the molecule is O=C(COC(=O)/C(=C/c1ccco1)n1nnnc1-c1ccccc1)Nc1ccccc1C(=O)NC1CC1. The highest BCUT2D eigenvalue weighted by Crippen LogP contribution is 2.23. The van der Waals surface area contributed by atoms with Crippen molar-refractivity contribution in [2.75, 3.05) is 11.9 Å². The van der Waals surface area contributed by atoms with E-state index in [1.54, 1.807) is 48.5 Å². The summed E-state index contributed by atoms with van der Waals surface area (Å²) in [6, 6.07) is 19.2. The maximum atomic E-state index is 13.1. The molecule has 37 heavy (non-hydrogen) atoms. The minimum Gasteiger partial charge on any atom is -0.465 e. The smallest absolute Gasteiger partial charge is 0.357 e. The van der Waals surface area contributed by atoms with Gasteiger partial charge in [-0.05, 0) is 47.5 Å². The average Bonchev–Trinajstić information content (AvgIpc) is 3.36. The quantitative estimate of drug-likeness (QED) is 0.265. The summed E-state index contributed by atoms with van der Waals surface area (Å²) in [6.07, 6.45) is 4.76. The van der Waals surface area contributed by atoms with Crippen molar-refractivity contribution in [3.05, 3.63) is 84.3 Å². The predicted octanol–water partition coefficient (Wildman–Crippen LogP) is 3.01. The zero-order valence-electron chi connectivity index (χ0n) is 19.5. The Morgan fingerprint density at radius 3 is 2.57 bits per heavy atom. The van der Waals surface area contributed by atoms with E-state index < -0.39 is 18.5 Å². The lowest BCUT2D eigenvalue weighted by molar-refractivity contribution is -0.141. The predicted molar refractivity (Wildman–Crippen MR) is 133 cm³/mol. The van der Waals surface area contributed by atoms with Crippen LogP contribution >= 0.6 is 0 Å². The third-order valence-electron chi connectivity index (χ3n) is 5.45. The highest BCUT2D eigenvalue weighted by atomic mass is 16.5. The Bertz CT molecular complexity index is 1440. The van der Waals surface area contributed by atoms with Crippen LogP contribution in [0.5, 0.6) is 0 Å². The van der Waals surface area contributed by atoms with E-state index in [0.717, 1.165) is 12.8 Å². The third kappa shape index (κ3) is 5.78. The highest BCUT2D eigenvalue weighted by Gasteiger charge is 2.25. The number of nitrogens with one attached hydrogen (secondary N) is 2. The Morgan fingerprint density at radius 1 is 1.03 bits per heavy atom. The Kier molecular flexibility index (Phi) is 6.84. The maximum absolute atomic E-state index is 13.1. The standard InChI is InChI=1S/C26H22N6O5/c33-23(28-21-11-5-4-10-20(21)25(34)27-18-12-13-18)16-37-26(35)22(15-19-9-6-14-36-19)32-24(29-30-31-32)17-7-2-1-3-8-17/h1-11,14-15,18H,12-13,16H2,(H,27,34)(H,28,33)/b22-15-. The van der Waals surface area contributed by atoms with Crippen LogP contribution in [0.15, 0.2) is 77.4 Å². The Morgan fingerprint density at radius 2 is 1.81 bits per heavy atom. The van der Waals surface area contributed by atoms with Gasteiger partial charge in [-0.1, -0.05) is 42.5 Å². The summed E-state index contributed by atoms with van der Waals surface area (Å²) in [5.74, 6) is -1.07. The summed E-state index contributed by atoms with van der Waals surface area (Å²) in [4.78, 5) is 38.3. The molecule has 2 aromatic heterocycles. The molecule has 0 radical (unpaired) electrons. The van der Waals surface area contributed by atoms with Crippen molar-refractivity contribution in [2.45, 2.75) is 18.9 Å². The van der Waals surface area contributed by atoms with Gasteiger partial charge >= 0.3 is 5.97 Å². The monoisotopic (exact) mass is 498 g/mol. The number of hydrogen-bond acceptors (Lipinski definition) is 8. The number of nitrogens with zero attached hydrogens (tertiary/aromatic N) is 4. The number of carbonyl (C=O) groups excluding carboxylic acids is 3. The van der Waals surface area contributed by atoms with E-state index in [0.29, 0.717) is 28.4 Å². The lowest BCUT2D eigenvalue weighted by atomic mass is 10.1. The normalized spacial score (nSPS) is 13.1. The zero-order chi connectivity index (χ0) is 25.6. The first-order valence-corrected chi connectivity index (χ1v) is 11.5. The fraction of sp³-hybridized carbons (Fsp3) is 0.154. The molecule has 0 aliphatic heterocycles. The number of esters is 1. The van der Waals surface area contributed by atoms with Crippen molar-refractivity contribution in [3.63, 3.8) is 0 Å². The van der Waals surface area contributed by atoms with Crippen LogP contribution in [0, 0.1) is 0 Å². The van der Waals surface area contributed by atoms with Gasteiger partial charge in [-0.3, -0.25) is 9.59 Å². The first-order chi connectivity index (χ1) is 18.1. The van der Waals surface area contributed by atoms with Crippen LogP contribution in [0.4, 0.5) is 5.69 Å². The number of carbonyl (C=O) groups is 3. The molecule has 2 amide bonds. The molecule has 2 N–H and O–H groups in total. The van der Waals surface area contributed by atoms with Crippen LogP contribution < -0.4 is 10.6 Å². The second-order valence-electron chi connectivity index (χ2n) is 8.24. The summed E-state index contributed by atoms with van der Waals surface area (Å²) in [5.41, 5.74) is 1.26. The molecule has 0 unspecified atom stereocenters. The van der Waals surface area contributed by atoms with Crippen molar-refractivity contribution < 1.29 is 23.5 Å². The van der Waals surface area contributed by atoms with Crippen LogP contribution in [0.1, 0.15) is 29.0 Å².